The Labute approximate surface area is 145 Å². The highest BCUT2D eigenvalue weighted by molar-refractivity contribution is 6.30. The lowest BCUT2D eigenvalue weighted by molar-refractivity contribution is -0.133. The molecule has 7 heteroatoms. The Bertz CT molecular complexity index is 734. The zero-order valence-corrected chi connectivity index (χ0v) is 14.0. The van der Waals surface area contributed by atoms with Crippen molar-refractivity contribution in [1.82, 2.24) is 14.9 Å². The summed E-state index contributed by atoms with van der Waals surface area (Å²) in [6, 6.07) is 7.34. The van der Waals surface area contributed by atoms with Crippen LogP contribution in [0.1, 0.15) is 31.0 Å². The van der Waals surface area contributed by atoms with Crippen LogP contribution in [0.25, 0.3) is 11.1 Å². The molecule has 0 unspecified atom stereocenters. The van der Waals surface area contributed by atoms with Gasteiger partial charge < -0.3 is 16.4 Å². The Morgan fingerprint density at radius 3 is 2.75 bits per heavy atom. The van der Waals surface area contributed by atoms with Crippen molar-refractivity contribution < 1.29 is 4.79 Å². The first-order valence-corrected chi connectivity index (χ1v) is 8.36. The van der Waals surface area contributed by atoms with E-state index in [0.717, 1.165) is 36.1 Å². The quantitative estimate of drug-likeness (QED) is 0.890. The number of anilines is 1. The molecule has 2 aromatic rings. The standard InChI is InChI=1S/C17H20ClN5O/c18-12-6-4-11(5-7-12)13-10-21-17(20)22-16(13)14-3-1-2-8-23(14)15(24)9-19/h4-7,10,14H,1-3,8-9,19H2,(H2,20,21,22)/t14-/m1/s1. The van der Waals surface area contributed by atoms with E-state index in [0.29, 0.717) is 11.6 Å². The number of carbonyl (C=O) groups excluding carboxylic acids is 1. The van der Waals surface area contributed by atoms with Gasteiger partial charge in [0, 0.05) is 23.3 Å². The highest BCUT2D eigenvalue weighted by atomic mass is 35.5. The van der Waals surface area contributed by atoms with Crippen molar-refractivity contribution in [1.29, 1.82) is 0 Å². The third-order valence-electron chi connectivity index (χ3n) is 4.31. The Morgan fingerprint density at radius 1 is 1.29 bits per heavy atom. The number of nitrogens with two attached hydrogens (primary N) is 2. The van der Waals surface area contributed by atoms with Crippen LogP contribution in [0.2, 0.25) is 5.02 Å². The van der Waals surface area contributed by atoms with Crippen LogP contribution >= 0.6 is 11.6 Å². The van der Waals surface area contributed by atoms with Crippen molar-refractivity contribution >= 4 is 23.5 Å². The zero-order chi connectivity index (χ0) is 17.1. The zero-order valence-electron chi connectivity index (χ0n) is 13.3. The lowest BCUT2D eigenvalue weighted by Crippen LogP contribution is -2.42. The van der Waals surface area contributed by atoms with Gasteiger partial charge in [0.1, 0.15) is 0 Å². The number of carbonyl (C=O) groups is 1. The van der Waals surface area contributed by atoms with Gasteiger partial charge in [-0.1, -0.05) is 23.7 Å². The molecule has 0 radical (unpaired) electrons. The lowest BCUT2D eigenvalue weighted by atomic mass is 9.93. The lowest BCUT2D eigenvalue weighted by Gasteiger charge is -2.36. The van der Waals surface area contributed by atoms with Crippen LogP contribution in [0, 0.1) is 0 Å². The normalized spacial score (nSPS) is 17.8. The van der Waals surface area contributed by atoms with E-state index >= 15 is 0 Å². The smallest absolute Gasteiger partial charge is 0.236 e. The third kappa shape index (κ3) is 3.34. The molecule has 1 aliphatic heterocycles. The number of hydrogen-bond donors (Lipinski definition) is 2. The maximum Gasteiger partial charge on any atom is 0.236 e. The van der Waals surface area contributed by atoms with Crippen LogP contribution in [0.4, 0.5) is 5.95 Å². The average Bonchev–Trinajstić information content (AvgIpc) is 2.62. The molecule has 126 valence electrons. The fraction of sp³-hybridized carbons (Fsp3) is 0.353. The fourth-order valence-corrected chi connectivity index (χ4v) is 3.27. The first kappa shape index (κ1) is 16.7. The predicted molar refractivity (Wildman–Crippen MR) is 94.2 cm³/mol. The van der Waals surface area contributed by atoms with Gasteiger partial charge in [-0.05, 0) is 37.0 Å². The summed E-state index contributed by atoms with van der Waals surface area (Å²) >= 11 is 5.98. The summed E-state index contributed by atoms with van der Waals surface area (Å²) in [6.45, 7) is 0.679. The van der Waals surface area contributed by atoms with Gasteiger partial charge in [0.25, 0.3) is 0 Å². The third-order valence-corrected chi connectivity index (χ3v) is 4.56. The van der Waals surface area contributed by atoms with E-state index in [9.17, 15) is 4.79 Å². The summed E-state index contributed by atoms with van der Waals surface area (Å²) < 4.78 is 0. The largest absolute Gasteiger partial charge is 0.368 e. The molecule has 0 spiro atoms. The number of hydrogen-bond acceptors (Lipinski definition) is 5. The molecule has 6 nitrogen and oxygen atoms in total. The Hall–Kier alpha value is -2.18. The molecule has 24 heavy (non-hydrogen) atoms. The highest BCUT2D eigenvalue weighted by Crippen LogP contribution is 2.36. The molecule has 0 bridgehead atoms. The molecule has 1 fully saturated rings. The summed E-state index contributed by atoms with van der Waals surface area (Å²) in [5, 5.41) is 0.661. The molecule has 0 saturated carbocycles. The summed E-state index contributed by atoms with van der Waals surface area (Å²) in [5.41, 5.74) is 14.0. The highest BCUT2D eigenvalue weighted by Gasteiger charge is 2.30. The summed E-state index contributed by atoms with van der Waals surface area (Å²) in [6.07, 6.45) is 4.55. The molecule has 1 saturated heterocycles. The molecule has 1 aromatic carbocycles. The Kier molecular flexibility index (Phi) is 4.97. The molecule has 1 amide bonds. The van der Waals surface area contributed by atoms with E-state index in [-0.39, 0.29) is 24.4 Å². The minimum atomic E-state index is -0.134. The molecule has 1 atom stereocenters. The van der Waals surface area contributed by atoms with Gasteiger partial charge >= 0.3 is 0 Å². The Morgan fingerprint density at radius 2 is 2.04 bits per heavy atom. The van der Waals surface area contributed by atoms with E-state index < -0.39 is 0 Å². The van der Waals surface area contributed by atoms with Crippen LogP contribution in [-0.4, -0.2) is 33.9 Å². The number of benzene rings is 1. The number of likely N-dealkylation sites (tertiary alicyclic amines) is 1. The summed E-state index contributed by atoms with van der Waals surface area (Å²) in [7, 11) is 0. The van der Waals surface area contributed by atoms with Crippen molar-refractivity contribution in [3.05, 3.63) is 41.2 Å². The van der Waals surface area contributed by atoms with Gasteiger partial charge in [-0.2, -0.15) is 0 Å². The SMILES string of the molecule is NCC(=O)N1CCCC[C@@H]1c1nc(N)ncc1-c1ccc(Cl)cc1. The van der Waals surface area contributed by atoms with Gasteiger partial charge in [-0.15, -0.1) is 0 Å². The average molecular weight is 346 g/mol. The van der Waals surface area contributed by atoms with Crippen LogP contribution in [-0.2, 0) is 4.79 Å². The van der Waals surface area contributed by atoms with Gasteiger partial charge in [-0.25, -0.2) is 9.97 Å². The van der Waals surface area contributed by atoms with E-state index in [1.54, 1.807) is 6.20 Å². The van der Waals surface area contributed by atoms with Crippen molar-refractivity contribution in [3.63, 3.8) is 0 Å². The number of nitrogens with zero attached hydrogens (tertiary/aromatic N) is 3. The minimum absolute atomic E-state index is 0.00660. The van der Waals surface area contributed by atoms with E-state index in [4.69, 9.17) is 23.1 Å². The van der Waals surface area contributed by atoms with E-state index in [1.165, 1.54) is 0 Å². The van der Waals surface area contributed by atoms with Crippen molar-refractivity contribution in [2.75, 3.05) is 18.8 Å². The predicted octanol–water partition coefficient (Wildman–Crippen LogP) is 2.39. The van der Waals surface area contributed by atoms with Gasteiger partial charge in [-0.3, -0.25) is 4.79 Å². The molecule has 1 aliphatic rings. The second-order valence-corrected chi connectivity index (χ2v) is 6.27. The number of aromatic nitrogens is 2. The first-order chi connectivity index (χ1) is 11.6. The van der Waals surface area contributed by atoms with Crippen LogP contribution in [0.15, 0.2) is 30.5 Å². The number of amides is 1. The molecule has 0 aliphatic carbocycles. The summed E-state index contributed by atoms with van der Waals surface area (Å²) in [4.78, 5) is 22.6. The second-order valence-electron chi connectivity index (χ2n) is 5.84. The molecule has 4 N–H and O–H groups in total. The fourth-order valence-electron chi connectivity index (χ4n) is 3.15. The molecular weight excluding hydrogens is 326 g/mol. The monoisotopic (exact) mass is 345 g/mol. The number of rotatable bonds is 3. The van der Waals surface area contributed by atoms with Gasteiger partial charge in [0.05, 0.1) is 18.3 Å². The number of piperidine rings is 1. The second kappa shape index (κ2) is 7.15. The maximum absolute atomic E-state index is 12.2. The van der Waals surface area contributed by atoms with E-state index in [2.05, 4.69) is 9.97 Å². The Balaban J connectivity index is 2.06. The first-order valence-electron chi connectivity index (χ1n) is 7.98. The number of halogens is 1. The number of nitrogen functional groups attached to an aromatic ring is 1. The minimum Gasteiger partial charge on any atom is -0.368 e. The topological polar surface area (TPSA) is 98.1 Å². The van der Waals surface area contributed by atoms with E-state index in [1.807, 2.05) is 29.2 Å². The molecule has 2 heterocycles. The maximum atomic E-state index is 12.2. The summed E-state index contributed by atoms with van der Waals surface area (Å²) in [5.74, 6) is 0.132. The molecular formula is C17H20ClN5O. The molecule has 1 aromatic heterocycles. The van der Waals surface area contributed by atoms with Gasteiger partial charge in [0.15, 0.2) is 0 Å². The van der Waals surface area contributed by atoms with Crippen molar-refractivity contribution in [2.45, 2.75) is 25.3 Å². The van der Waals surface area contributed by atoms with Crippen LogP contribution in [0.3, 0.4) is 0 Å². The van der Waals surface area contributed by atoms with Gasteiger partial charge in [0.2, 0.25) is 11.9 Å². The van der Waals surface area contributed by atoms with Crippen molar-refractivity contribution in [3.8, 4) is 11.1 Å². The van der Waals surface area contributed by atoms with Crippen molar-refractivity contribution in [2.24, 2.45) is 5.73 Å². The van der Waals surface area contributed by atoms with Crippen LogP contribution in [0.5, 0.6) is 0 Å². The molecule has 3 rings (SSSR count). The van der Waals surface area contributed by atoms with Crippen LogP contribution < -0.4 is 11.5 Å².